The molecule has 38 heavy (non-hydrogen) atoms. The summed E-state index contributed by atoms with van der Waals surface area (Å²) >= 11 is 0. The summed E-state index contributed by atoms with van der Waals surface area (Å²) in [6.07, 6.45) is 10.6. The third-order valence-electron chi connectivity index (χ3n) is 7.18. The molecule has 1 unspecified atom stereocenters. The Bertz CT molecular complexity index is 1140. The van der Waals surface area contributed by atoms with Gasteiger partial charge in [-0.3, -0.25) is 0 Å². The summed E-state index contributed by atoms with van der Waals surface area (Å²) in [6.45, 7) is 3.81. The van der Waals surface area contributed by atoms with E-state index in [1.165, 1.54) is 25.7 Å². The largest absolute Gasteiger partial charge is 0.497 e. The summed E-state index contributed by atoms with van der Waals surface area (Å²) in [5.41, 5.74) is 1.85. The van der Waals surface area contributed by atoms with Gasteiger partial charge in [0.1, 0.15) is 23.0 Å². The van der Waals surface area contributed by atoms with Crippen molar-refractivity contribution in [2.24, 2.45) is 0 Å². The van der Waals surface area contributed by atoms with Crippen LogP contribution in [0, 0.1) is 0 Å². The number of unbranched alkanes of at least 4 members (excludes halogenated alkanes) is 6. The fraction of sp³-hybridized carbons (Fsp3) is 0.394. The smallest absolute Gasteiger partial charge is 0.201 e. The maximum absolute atomic E-state index is 7.03. The van der Waals surface area contributed by atoms with Gasteiger partial charge in [-0.15, -0.1) is 6.58 Å². The summed E-state index contributed by atoms with van der Waals surface area (Å²) < 4.78 is 30.3. The lowest BCUT2D eigenvalue weighted by molar-refractivity contribution is -0.166. The van der Waals surface area contributed by atoms with E-state index in [4.69, 9.17) is 23.7 Å². The first-order valence-corrected chi connectivity index (χ1v) is 13.6. The molecule has 3 aromatic rings. The van der Waals surface area contributed by atoms with Crippen LogP contribution in [0.25, 0.3) is 0 Å². The predicted octanol–water partition coefficient (Wildman–Crippen LogP) is 8.05. The molecule has 0 fully saturated rings. The molecule has 4 rings (SSSR count). The van der Waals surface area contributed by atoms with Gasteiger partial charge in [-0.2, -0.15) is 0 Å². The van der Waals surface area contributed by atoms with Gasteiger partial charge in [0.25, 0.3) is 0 Å². The summed E-state index contributed by atoms with van der Waals surface area (Å²) in [4.78, 5) is 0. The molecule has 0 radical (unpaired) electrons. The lowest BCUT2D eigenvalue weighted by Crippen LogP contribution is -2.43. The zero-order valence-electron chi connectivity index (χ0n) is 22.9. The highest BCUT2D eigenvalue weighted by Gasteiger charge is 2.46. The first-order valence-electron chi connectivity index (χ1n) is 13.6. The maximum Gasteiger partial charge on any atom is 0.201 e. The number of hydrogen-bond acceptors (Lipinski definition) is 5. The van der Waals surface area contributed by atoms with Crippen LogP contribution in [-0.4, -0.2) is 27.6 Å². The minimum Gasteiger partial charge on any atom is -0.497 e. The minimum absolute atomic E-state index is 0.408. The maximum atomic E-state index is 7.03. The molecule has 3 aromatic carbocycles. The molecule has 0 saturated heterocycles. The molecule has 0 bridgehead atoms. The van der Waals surface area contributed by atoms with Crippen LogP contribution in [0.15, 0.2) is 79.4 Å². The van der Waals surface area contributed by atoms with E-state index in [0.29, 0.717) is 0 Å². The fourth-order valence-electron chi connectivity index (χ4n) is 5.16. The molecule has 0 amide bonds. The van der Waals surface area contributed by atoms with E-state index in [-0.39, 0.29) is 0 Å². The van der Waals surface area contributed by atoms with Crippen LogP contribution in [0.3, 0.4) is 0 Å². The van der Waals surface area contributed by atoms with E-state index >= 15 is 0 Å². The Morgan fingerprint density at radius 1 is 0.737 bits per heavy atom. The zero-order valence-corrected chi connectivity index (χ0v) is 22.9. The van der Waals surface area contributed by atoms with Crippen LogP contribution in [0.5, 0.6) is 23.0 Å². The van der Waals surface area contributed by atoms with E-state index in [2.05, 4.69) is 18.7 Å². The number of benzene rings is 3. The van der Waals surface area contributed by atoms with Crippen LogP contribution in [0.1, 0.15) is 68.1 Å². The van der Waals surface area contributed by atoms with Gasteiger partial charge in [-0.05, 0) is 72.9 Å². The lowest BCUT2D eigenvalue weighted by atomic mass is 9.78. The molecule has 1 heterocycles. The Morgan fingerprint density at radius 2 is 1.32 bits per heavy atom. The van der Waals surface area contributed by atoms with Gasteiger partial charge in [0.2, 0.25) is 6.29 Å². The van der Waals surface area contributed by atoms with Crippen molar-refractivity contribution in [3.63, 3.8) is 0 Å². The Hall–Kier alpha value is -3.44. The molecular weight excluding hydrogens is 476 g/mol. The highest BCUT2D eigenvalue weighted by Crippen LogP contribution is 2.51. The fourth-order valence-corrected chi connectivity index (χ4v) is 5.16. The number of ether oxygens (including phenoxy) is 5. The zero-order chi connectivity index (χ0) is 26.8. The Morgan fingerprint density at radius 3 is 1.92 bits per heavy atom. The molecule has 0 N–H and O–H groups in total. The lowest BCUT2D eigenvalue weighted by Gasteiger charge is -2.43. The van der Waals surface area contributed by atoms with Crippen molar-refractivity contribution in [3.8, 4) is 23.0 Å². The minimum atomic E-state index is -0.944. The average Bonchev–Trinajstić information content (AvgIpc) is 2.97. The van der Waals surface area contributed by atoms with Crippen molar-refractivity contribution in [2.75, 3.05) is 21.3 Å². The van der Waals surface area contributed by atoms with Crippen molar-refractivity contribution < 1.29 is 23.7 Å². The van der Waals surface area contributed by atoms with Gasteiger partial charge < -0.3 is 23.7 Å². The Kier molecular flexibility index (Phi) is 9.72. The topological polar surface area (TPSA) is 46.2 Å². The number of fused-ring (bicyclic) bond motifs is 1. The van der Waals surface area contributed by atoms with Crippen molar-refractivity contribution in [1.29, 1.82) is 0 Å². The van der Waals surface area contributed by atoms with E-state index in [9.17, 15) is 0 Å². The standard InChI is InChI=1S/C33H40O5/c1-5-6-7-8-9-10-11-12-19-32-37-31-21-20-29(36-4)24-30(31)33(38-32,25-15-13-17-27(22-25)34-2)26-16-14-18-28(23-26)35-3/h5,13-18,20-24,32H,1,6-12,19H2,2-4H3. The Labute approximate surface area is 227 Å². The summed E-state index contributed by atoms with van der Waals surface area (Å²) in [7, 11) is 5.03. The van der Waals surface area contributed by atoms with Crippen molar-refractivity contribution >= 4 is 0 Å². The van der Waals surface area contributed by atoms with Gasteiger partial charge in [0.15, 0.2) is 5.60 Å². The van der Waals surface area contributed by atoms with Crippen LogP contribution < -0.4 is 18.9 Å². The van der Waals surface area contributed by atoms with Gasteiger partial charge in [-0.25, -0.2) is 0 Å². The first kappa shape index (κ1) is 27.6. The summed E-state index contributed by atoms with van der Waals surface area (Å²) in [5, 5.41) is 0. The van der Waals surface area contributed by atoms with E-state index in [1.807, 2.05) is 60.7 Å². The number of hydrogen-bond donors (Lipinski definition) is 0. The molecule has 5 heteroatoms. The third-order valence-corrected chi connectivity index (χ3v) is 7.18. The molecule has 202 valence electrons. The molecule has 1 aliphatic heterocycles. The van der Waals surface area contributed by atoms with E-state index in [0.717, 1.165) is 65.4 Å². The second kappa shape index (κ2) is 13.4. The average molecular weight is 517 g/mol. The third kappa shape index (κ3) is 6.16. The number of methoxy groups -OCH3 is 3. The highest BCUT2D eigenvalue weighted by molar-refractivity contribution is 5.57. The quantitative estimate of drug-likeness (QED) is 0.160. The van der Waals surface area contributed by atoms with E-state index in [1.54, 1.807) is 21.3 Å². The van der Waals surface area contributed by atoms with Crippen LogP contribution in [0.4, 0.5) is 0 Å². The summed E-state index contributed by atoms with van der Waals surface area (Å²) in [5.74, 6) is 3.05. The molecule has 1 atom stereocenters. The first-order chi connectivity index (χ1) is 18.6. The predicted molar refractivity (Wildman–Crippen MR) is 151 cm³/mol. The van der Waals surface area contributed by atoms with Gasteiger partial charge in [-0.1, -0.05) is 56.0 Å². The van der Waals surface area contributed by atoms with Crippen molar-refractivity contribution in [3.05, 3.63) is 96.1 Å². The molecule has 0 spiro atoms. The van der Waals surface area contributed by atoms with Gasteiger partial charge in [0.05, 0.1) is 21.3 Å². The molecule has 0 aliphatic carbocycles. The highest BCUT2D eigenvalue weighted by atomic mass is 16.7. The van der Waals surface area contributed by atoms with Crippen LogP contribution >= 0.6 is 0 Å². The van der Waals surface area contributed by atoms with Crippen LogP contribution in [0.2, 0.25) is 0 Å². The van der Waals surface area contributed by atoms with Crippen LogP contribution in [-0.2, 0) is 10.3 Å². The summed E-state index contributed by atoms with van der Waals surface area (Å²) in [6, 6.07) is 22.0. The van der Waals surface area contributed by atoms with Crippen molar-refractivity contribution in [1.82, 2.24) is 0 Å². The molecule has 5 nitrogen and oxygen atoms in total. The van der Waals surface area contributed by atoms with Crippen molar-refractivity contribution in [2.45, 2.75) is 63.3 Å². The molecular formula is C33H40O5. The van der Waals surface area contributed by atoms with E-state index < -0.39 is 11.9 Å². The number of rotatable bonds is 14. The molecule has 1 aliphatic rings. The number of allylic oxidation sites excluding steroid dienone is 1. The Balaban J connectivity index is 1.71. The second-order valence-electron chi connectivity index (χ2n) is 9.66. The second-order valence-corrected chi connectivity index (χ2v) is 9.66. The normalized spacial score (nSPS) is 15.7. The van der Waals surface area contributed by atoms with Gasteiger partial charge in [0, 0.05) is 12.0 Å². The SMILES string of the molecule is C=CCCCCCCCCC1Oc2ccc(OC)cc2C(c2cccc(OC)c2)(c2cccc(OC)c2)O1. The monoisotopic (exact) mass is 516 g/mol. The molecule has 0 saturated carbocycles. The van der Waals surface area contributed by atoms with Gasteiger partial charge >= 0.3 is 0 Å². The molecule has 0 aromatic heterocycles.